The average Bonchev–Trinajstić information content (AvgIpc) is 2.38. The van der Waals surface area contributed by atoms with Crippen LogP contribution in [0.4, 0.5) is 10.1 Å². The molecular formula is C13H13FN2O. The number of rotatable bonds is 2. The smallest absolute Gasteiger partial charge is 0.147 e. The molecule has 1 aliphatic rings. The number of carbonyl (C=O) groups is 1. The third-order valence-electron chi connectivity index (χ3n) is 3.07. The molecule has 0 saturated carbocycles. The zero-order valence-corrected chi connectivity index (χ0v) is 9.40. The summed E-state index contributed by atoms with van der Waals surface area (Å²) >= 11 is 0. The van der Waals surface area contributed by atoms with Gasteiger partial charge < -0.3 is 9.69 Å². The summed E-state index contributed by atoms with van der Waals surface area (Å²) in [5.41, 5.74) is 0.797. The number of aldehydes is 1. The van der Waals surface area contributed by atoms with E-state index in [0.29, 0.717) is 17.8 Å². The van der Waals surface area contributed by atoms with Crippen LogP contribution in [0.5, 0.6) is 0 Å². The molecule has 2 rings (SSSR count). The number of nitrogens with zero attached hydrogens (tertiary/aromatic N) is 2. The van der Waals surface area contributed by atoms with Crippen molar-refractivity contribution < 1.29 is 9.18 Å². The highest BCUT2D eigenvalue weighted by atomic mass is 19.1. The second kappa shape index (κ2) is 4.96. The van der Waals surface area contributed by atoms with Gasteiger partial charge in [0.15, 0.2) is 0 Å². The van der Waals surface area contributed by atoms with Crippen molar-refractivity contribution in [2.24, 2.45) is 5.92 Å². The molecule has 0 N–H and O–H groups in total. The molecule has 1 heterocycles. The minimum absolute atomic E-state index is 0.0150. The predicted octanol–water partition coefficient (Wildman–Crippen LogP) is 2.11. The summed E-state index contributed by atoms with van der Waals surface area (Å²) in [6.07, 6.45) is 2.70. The van der Waals surface area contributed by atoms with Gasteiger partial charge >= 0.3 is 0 Å². The highest BCUT2D eigenvalue weighted by Gasteiger charge is 2.21. The number of benzene rings is 1. The fraction of sp³-hybridized carbons (Fsp3) is 0.385. The van der Waals surface area contributed by atoms with Crippen molar-refractivity contribution in [3.63, 3.8) is 0 Å². The molecule has 4 heteroatoms. The van der Waals surface area contributed by atoms with E-state index in [1.54, 1.807) is 12.1 Å². The molecule has 0 aromatic heterocycles. The van der Waals surface area contributed by atoms with Gasteiger partial charge in [0.1, 0.15) is 12.1 Å². The number of hydrogen-bond donors (Lipinski definition) is 0. The standard InChI is InChI=1S/C13H13FN2O/c14-12-6-10(7-15)3-4-13(12)16-5-1-2-11(8-16)9-17/h3-4,6,9,11H,1-2,5,8H2. The van der Waals surface area contributed by atoms with Gasteiger partial charge in [0.05, 0.1) is 17.3 Å². The molecule has 17 heavy (non-hydrogen) atoms. The molecule has 0 radical (unpaired) electrons. The molecule has 1 fully saturated rings. The lowest BCUT2D eigenvalue weighted by Gasteiger charge is -2.32. The summed E-state index contributed by atoms with van der Waals surface area (Å²) in [7, 11) is 0. The lowest BCUT2D eigenvalue weighted by Crippen LogP contribution is -2.36. The quantitative estimate of drug-likeness (QED) is 0.733. The van der Waals surface area contributed by atoms with Gasteiger partial charge in [-0.15, -0.1) is 0 Å². The van der Waals surface area contributed by atoms with Crippen LogP contribution < -0.4 is 4.90 Å². The van der Waals surface area contributed by atoms with Crippen molar-refractivity contribution in [2.75, 3.05) is 18.0 Å². The van der Waals surface area contributed by atoms with E-state index in [-0.39, 0.29) is 5.92 Å². The van der Waals surface area contributed by atoms with Gasteiger partial charge in [0.25, 0.3) is 0 Å². The molecule has 1 aliphatic heterocycles. The van der Waals surface area contributed by atoms with Crippen molar-refractivity contribution in [3.8, 4) is 6.07 Å². The SMILES string of the molecule is N#Cc1ccc(N2CCCC(C=O)C2)c(F)c1. The molecule has 1 atom stereocenters. The zero-order valence-electron chi connectivity index (χ0n) is 9.40. The first kappa shape index (κ1) is 11.6. The van der Waals surface area contributed by atoms with Gasteiger partial charge in [-0.1, -0.05) is 0 Å². The van der Waals surface area contributed by atoms with E-state index in [1.807, 2.05) is 11.0 Å². The van der Waals surface area contributed by atoms with Gasteiger partial charge in [-0.05, 0) is 31.0 Å². The minimum atomic E-state index is -0.393. The van der Waals surface area contributed by atoms with Crippen molar-refractivity contribution in [2.45, 2.75) is 12.8 Å². The van der Waals surface area contributed by atoms with Gasteiger partial charge in [0, 0.05) is 19.0 Å². The lowest BCUT2D eigenvalue weighted by molar-refractivity contribution is -0.111. The third kappa shape index (κ3) is 2.44. The Balaban J connectivity index is 2.22. The summed E-state index contributed by atoms with van der Waals surface area (Å²) in [6.45, 7) is 1.32. The largest absolute Gasteiger partial charge is 0.368 e. The summed E-state index contributed by atoms with van der Waals surface area (Å²) in [5.74, 6) is -0.408. The molecular weight excluding hydrogens is 219 g/mol. The second-order valence-electron chi connectivity index (χ2n) is 4.26. The summed E-state index contributed by atoms with van der Waals surface area (Å²) in [4.78, 5) is 12.6. The molecule has 3 nitrogen and oxygen atoms in total. The van der Waals surface area contributed by atoms with Gasteiger partial charge in [-0.2, -0.15) is 5.26 Å². The first-order valence-electron chi connectivity index (χ1n) is 5.64. The van der Waals surface area contributed by atoms with Gasteiger partial charge in [-0.3, -0.25) is 0 Å². The fourth-order valence-electron chi connectivity index (χ4n) is 2.17. The Kier molecular flexibility index (Phi) is 3.38. The molecule has 1 aromatic rings. The second-order valence-corrected chi connectivity index (χ2v) is 4.26. The maximum Gasteiger partial charge on any atom is 0.147 e. The molecule has 0 aliphatic carbocycles. The molecule has 1 saturated heterocycles. The highest BCUT2D eigenvalue weighted by Crippen LogP contribution is 2.25. The summed E-state index contributed by atoms with van der Waals surface area (Å²) in [6, 6.07) is 6.35. The third-order valence-corrected chi connectivity index (χ3v) is 3.07. The lowest BCUT2D eigenvalue weighted by atomic mass is 9.99. The van der Waals surface area contributed by atoms with E-state index < -0.39 is 5.82 Å². The first-order valence-corrected chi connectivity index (χ1v) is 5.64. The predicted molar refractivity (Wildman–Crippen MR) is 62.1 cm³/mol. The normalized spacial score (nSPS) is 19.8. The number of carbonyl (C=O) groups excluding carboxylic acids is 1. The molecule has 0 spiro atoms. The number of halogens is 1. The van der Waals surface area contributed by atoms with Crippen LogP contribution in [-0.2, 0) is 4.79 Å². The maximum absolute atomic E-state index is 13.8. The van der Waals surface area contributed by atoms with Gasteiger partial charge in [-0.25, -0.2) is 4.39 Å². The van der Waals surface area contributed by atoms with Crippen LogP contribution in [0.3, 0.4) is 0 Å². The van der Waals surface area contributed by atoms with E-state index in [1.165, 1.54) is 6.07 Å². The maximum atomic E-state index is 13.8. The monoisotopic (exact) mass is 232 g/mol. The van der Waals surface area contributed by atoms with Crippen LogP contribution in [0, 0.1) is 23.1 Å². The summed E-state index contributed by atoms with van der Waals surface area (Å²) < 4.78 is 13.8. The molecule has 1 unspecified atom stereocenters. The summed E-state index contributed by atoms with van der Waals surface area (Å²) in [5, 5.41) is 8.67. The van der Waals surface area contributed by atoms with Gasteiger partial charge in [0.2, 0.25) is 0 Å². The van der Waals surface area contributed by atoms with Crippen molar-refractivity contribution in [1.29, 1.82) is 5.26 Å². The highest BCUT2D eigenvalue weighted by molar-refractivity contribution is 5.58. The van der Waals surface area contributed by atoms with Crippen molar-refractivity contribution >= 4 is 12.0 Å². The Morgan fingerprint density at radius 1 is 1.53 bits per heavy atom. The molecule has 1 aromatic carbocycles. The van der Waals surface area contributed by atoms with E-state index in [0.717, 1.165) is 25.7 Å². The topological polar surface area (TPSA) is 44.1 Å². The van der Waals surface area contributed by atoms with Crippen LogP contribution in [0.1, 0.15) is 18.4 Å². The number of anilines is 1. The van der Waals surface area contributed by atoms with Crippen molar-refractivity contribution in [1.82, 2.24) is 0 Å². The Morgan fingerprint density at radius 2 is 2.35 bits per heavy atom. The Bertz CT molecular complexity index is 467. The minimum Gasteiger partial charge on any atom is -0.368 e. The first-order chi connectivity index (χ1) is 8.24. The molecule has 0 amide bonds. The Morgan fingerprint density at radius 3 is 3.00 bits per heavy atom. The van der Waals surface area contributed by atoms with Crippen LogP contribution in [0.15, 0.2) is 18.2 Å². The van der Waals surface area contributed by atoms with Crippen LogP contribution >= 0.6 is 0 Å². The fourth-order valence-corrected chi connectivity index (χ4v) is 2.17. The Hall–Kier alpha value is -1.89. The van der Waals surface area contributed by atoms with Crippen molar-refractivity contribution in [3.05, 3.63) is 29.6 Å². The van der Waals surface area contributed by atoms with E-state index in [4.69, 9.17) is 5.26 Å². The van der Waals surface area contributed by atoms with Crippen LogP contribution in [0.25, 0.3) is 0 Å². The van der Waals surface area contributed by atoms with E-state index in [2.05, 4.69) is 0 Å². The van der Waals surface area contributed by atoms with E-state index in [9.17, 15) is 9.18 Å². The zero-order chi connectivity index (χ0) is 12.3. The Labute approximate surface area is 99.5 Å². The number of piperidine rings is 1. The van der Waals surface area contributed by atoms with Crippen LogP contribution in [0.2, 0.25) is 0 Å². The van der Waals surface area contributed by atoms with Crippen LogP contribution in [-0.4, -0.2) is 19.4 Å². The number of hydrogen-bond acceptors (Lipinski definition) is 3. The average molecular weight is 232 g/mol. The molecule has 0 bridgehead atoms. The van der Waals surface area contributed by atoms with E-state index >= 15 is 0 Å². The number of nitriles is 1. The molecule has 88 valence electrons.